The van der Waals surface area contributed by atoms with Crippen molar-refractivity contribution in [2.24, 2.45) is 0 Å². The molecule has 4 heteroatoms. The van der Waals surface area contributed by atoms with Crippen LogP contribution < -0.4 is 10.2 Å². The summed E-state index contributed by atoms with van der Waals surface area (Å²) in [5, 5.41) is 9.88. The van der Waals surface area contributed by atoms with Gasteiger partial charge in [-0.25, -0.2) is 0 Å². The summed E-state index contributed by atoms with van der Waals surface area (Å²) < 4.78 is 10.5. The highest BCUT2D eigenvalue weighted by Gasteiger charge is 2.10. The van der Waals surface area contributed by atoms with E-state index in [1.54, 1.807) is 6.07 Å². The maximum atomic E-state index is 11.7. The summed E-state index contributed by atoms with van der Waals surface area (Å²) in [4.78, 5) is 11.7. The van der Waals surface area contributed by atoms with Crippen LogP contribution >= 0.6 is 0 Å². The van der Waals surface area contributed by atoms with Crippen molar-refractivity contribution in [2.45, 2.75) is 13.3 Å². The topological polar surface area (TPSA) is 59.7 Å². The Bertz CT molecular complexity index is 578. The smallest absolute Gasteiger partial charge is 0.196 e. The number of aryl methyl sites for hydroxylation is 1. The molecule has 0 amide bonds. The Labute approximate surface area is 92.1 Å². The molecule has 2 aromatic rings. The summed E-state index contributed by atoms with van der Waals surface area (Å²) in [6.07, 6.45) is 0.628. The van der Waals surface area contributed by atoms with Crippen LogP contribution in [0.3, 0.4) is 0 Å². The fourth-order valence-electron chi connectivity index (χ4n) is 1.59. The van der Waals surface area contributed by atoms with Gasteiger partial charge in [0.25, 0.3) is 0 Å². The summed E-state index contributed by atoms with van der Waals surface area (Å²) in [6.45, 7) is 1.89. The van der Waals surface area contributed by atoms with Crippen LogP contribution in [0.5, 0.6) is 11.5 Å². The molecule has 0 saturated carbocycles. The van der Waals surface area contributed by atoms with E-state index in [1.807, 2.05) is 6.92 Å². The lowest BCUT2D eigenvalue weighted by Crippen LogP contribution is -2.02. The van der Waals surface area contributed by atoms with Gasteiger partial charge in [-0.3, -0.25) is 4.79 Å². The zero-order valence-electron chi connectivity index (χ0n) is 9.11. The molecule has 0 aliphatic rings. The molecular weight excluding hydrogens is 208 g/mol. The van der Waals surface area contributed by atoms with Gasteiger partial charge in [-0.2, -0.15) is 0 Å². The SMILES string of the molecule is CCc1cc(=O)c2c(O)cc(OC)cc2o1. The van der Waals surface area contributed by atoms with Crippen LogP contribution in [0, 0.1) is 0 Å². The first-order valence-corrected chi connectivity index (χ1v) is 4.99. The van der Waals surface area contributed by atoms with Crippen molar-refractivity contribution in [3.63, 3.8) is 0 Å². The summed E-state index contributed by atoms with van der Waals surface area (Å²) in [6, 6.07) is 4.38. The summed E-state index contributed by atoms with van der Waals surface area (Å²) in [5.74, 6) is 0.928. The minimum absolute atomic E-state index is 0.120. The molecule has 0 bridgehead atoms. The highest BCUT2D eigenvalue weighted by atomic mass is 16.5. The van der Waals surface area contributed by atoms with E-state index in [4.69, 9.17) is 9.15 Å². The van der Waals surface area contributed by atoms with E-state index in [0.717, 1.165) is 0 Å². The third kappa shape index (κ3) is 1.62. The second kappa shape index (κ2) is 3.89. The fourth-order valence-corrected chi connectivity index (χ4v) is 1.59. The number of hydrogen-bond donors (Lipinski definition) is 1. The lowest BCUT2D eigenvalue weighted by molar-refractivity contribution is 0.407. The Morgan fingerprint density at radius 3 is 2.75 bits per heavy atom. The molecule has 0 atom stereocenters. The molecule has 4 nitrogen and oxygen atoms in total. The molecule has 0 aliphatic carbocycles. The lowest BCUT2D eigenvalue weighted by Gasteiger charge is -2.05. The summed E-state index contributed by atoms with van der Waals surface area (Å²) >= 11 is 0. The highest BCUT2D eigenvalue weighted by Crippen LogP contribution is 2.28. The quantitative estimate of drug-likeness (QED) is 0.841. The predicted octanol–water partition coefficient (Wildman–Crippen LogP) is 2.07. The molecule has 0 radical (unpaired) electrons. The first-order chi connectivity index (χ1) is 7.65. The van der Waals surface area contributed by atoms with Crippen molar-refractivity contribution in [3.8, 4) is 11.5 Å². The minimum atomic E-state index is -0.238. The summed E-state index contributed by atoms with van der Waals surface area (Å²) in [5.41, 5.74) is 0.111. The van der Waals surface area contributed by atoms with Crippen LogP contribution in [0.2, 0.25) is 0 Å². The van der Waals surface area contributed by atoms with Gasteiger partial charge < -0.3 is 14.3 Å². The van der Waals surface area contributed by atoms with E-state index in [-0.39, 0.29) is 16.6 Å². The molecule has 16 heavy (non-hydrogen) atoms. The van der Waals surface area contributed by atoms with Crippen LogP contribution in [0.4, 0.5) is 0 Å². The fraction of sp³-hybridized carbons (Fsp3) is 0.250. The van der Waals surface area contributed by atoms with Gasteiger partial charge in [-0.1, -0.05) is 6.92 Å². The van der Waals surface area contributed by atoms with Crippen LogP contribution in [0.25, 0.3) is 11.0 Å². The van der Waals surface area contributed by atoms with Gasteiger partial charge >= 0.3 is 0 Å². The third-order valence-electron chi connectivity index (χ3n) is 2.42. The van der Waals surface area contributed by atoms with E-state index in [0.29, 0.717) is 23.5 Å². The Morgan fingerprint density at radius 1 is 1.38 bits per heavy atom. The van der Waals surface area contributed by atoms with E-state index >= 15 is 0 Å². The third-order valence-corrected chi connectivity index (χ3v) is 2.42. The predicted molar refractivity (Wildman–Crippen MR) is 60.1 cm³/mol. The number of phenols is 1. The largest absolute Gasteiger partial charge is 0.507 e. The standard InChI is InChI=1S/C12H12O4/c1-3-7-4-9(13)12-10(14)5-8(15-2)6-11(12)16-7/h4-6,14H,3H2,1-2H3. The molecule has 0 fully saturated rings. The number of aromatic hydroxyl groups is 1. The van der Waals surface area contributed by atoms with Gasteiger partial charge in [0.05, 0.1) is 7.11 Å². The Morgan fingerprint density at radius 2 is 2.12 bits per heavy atom. The van der Waals surface area contributed by atoms with E-state index in [2.05, 4.69) is 0 Å². The van der Waals surface area contributed by atoms with Crippen molar-refractivity contribution in [2.75, 3.05) is 7.11 Å². The number of hydrogen-bond acceptors (Lipinski definition) is 4. The van der Waals surface area contributed by atoms with Crippen molar-refractivity contribution in [3.05, 3.63) is 34.2 Å². The number of phenolic OH excluding ortho intramolecular Hbond substituents is 1. The molecule has 1 N–H and O–H groups in total. The Balaban J connectivity index is 2.84. The second-order valence-corrected chi connectivity index (χ2v) is 3.45. The molecule has 1 aromatic carbocycles. The number of benzene rings is 1. The molecule has 2 rings (SSSR count). The average molecular weight is 220 g/mol. The minimum Gasteiger partial charge on any atom is -0.507 e. The average Bonchev–Trinajstić information content (AvgIpc) is 2.27. The van der Waals surface area contributed by atoms with Crippen LogP contribution in [-0.2, 0) is 6.42 Å². The van der Waals surface area contributed by atoms with Crippen molar-refractivity contribution in [1.82, 2.24) is 0 Å². The number of ether oxygens (including phenoxy) is 1. The van der Waals surface area contributed by atoms with Crippen LogP contribution in [0.15, 0.2) is 27.4 Å². The van der Waals surface area contributed by atoms with E-state index < -0.39 is 0 Å². The number of methoxy groups -OCH3 is 1. The molecule has 0 spiro atoms. The normalized spacial score (nSPS) is 10.6. The van der Waals surface area contributed by atoms with Crippen molar-refractivity contribution >= 4 is 11.0 Å². The van der Waals surface area contributed by atoms with Gasteiger partial charge in [0.1, 0.15) is 28.2 Å². The van der Waals surface area contributed by atoms with Gasteiger partial charge in [0, 0.05) is 24.6 Å². The Hall–Kier alpha value is -1.97. The molecule has 0 aliphatic heterocycles. The van der Waals surface area contributed by atoms with Crippen LogP contribution in [0.1, 0.15) is 12.7 Å². The van der Waals surface area contributed by atoms with Gasteiger partial charge in [0.15, 0.2) is 5.43 Å². The van der Waals surface area contributed by atoms with Crippen LogP contribution in [-0.4, -0.2) is 12.2 Å². The zero-order chi connectivity index (χ0) is 11.7. The first kappa shape index (κ1) is 10.5. The molecule has 1 heterocycles. The lowest BCUT2D eigenvalue weighted by atomic mass is 10.2. The monoisotopic (exact) mass is 220 g/mol. The van der Waals surface area contributed by atoms with Gasteiger partial charge in [-0.15, -0.1) is 0 Å². The molecule has 0 unspecified atom stereocenters. The van der Waals surface area contributed by atoms with Crippen molar-refractivity contribution in [1.29, 1.82) is 0 Å². The molecule has 0 saturated heterocycles. The Kier molecular flexibility index (Phi) is 2.56. The number of rotatable bonds is 2. The molecular formula is C12H12O4. The maximum absolute atomic E-state index is 11.7. The molecule has 84 valence electrons. The zero-order valence-corrected chi connectivity index (χ0v) is 9.11. The number of fused-ring (bicyclic) bond motifs is 1. The van der Waals surface area contributed by atoms with E-state index in [1.165, 1.54) is 19.2 Å². The second-order valence-electron chi connectivity index (χ2n) is 3.45. The van der Waals surface area contributed by atoms with Crippen molar-refractivity contribution < 1.29 is 14.3 Å². The summed E-state index contributed by atoms with van der Waals surface area (Å²) in [7, 11) is 1.49. The van der Waals surface area contributed by atoms with E-state index in [9.17, 15) is 9.90 Å². The maximum Gasteiger partial charge on any atom is 0.196 e. The highest BCUT2D eigenvalue weighted by molar-refractivity contribution is 5.84. The van der Waals surface area contributed by atoms with Gasteiger partial charge in [-0.05, 0) is 0 Å². The molecule has 1 aromatic heterocycles. The van der Waals surface area contributed by atoms with Gasteiger partial charge in [0.2, 0.25) is 0 Å². The first-order valence-electron chi connectivity index (χ1n) is 4.99.